The maximum atomic E-state index is 13.8. The van der Waals surface area contributed by atoms with Gasteiger partial charge in [-0.05, 0) is 55.7 Å². The highest BCUT2D eigenvalue weighted by Crippen LogP contribution is 2.26. The SMILES string of the molecule is CC(C)(CNCC1CCNC1)c1cc(F)ccc1F. The Morgan fingerprint density at radius 3 is 2.84 bits per heavy atom. The van der Waals surface area contributed by atoms with Gasteiger partial charge in [-0.2, -0.15) is 0 Å². The van der Waals surface area contributed by atoms with E-state index in [1.54, 1.807) is 0 Å². The van der Waals surface area contributed by atoms with Crippen LogP contribution in [-0.4, -0.2) is 26.2 Å². The fraction of sp³-hybridized carbons (Fsp3) is 0.600. The summed E-state index contributed by atoms with van der Waals surface area (Å²) in [6, 6.07) is 3.66. The third kappa shape index (κ3) is 3.74. The van der Waals surface area contributed by atoms with E-state index in [9.17, 15) is 8.78 Å². The van der Waals surface area contributed by atoms with Crippen molar-refractivity contribution in [1.29, 1.82) is 0 Å². The molecule has 1 fully saturated rings. The Kier molecular flexibility index (Phi) is 4.53. The number of nitrogens with one attached hydrogen (secondary N) is 2. The predicted octanol–water partition coefficient (Wildman–Crippen LogP) is 2.44. The summed E-state index contributed by atoms with van der Waals surface area (Å²) in [4.78, 5) is 0. The smallest absolute Gasteiger partial charge is 0.127 e. The van der Waals surface area contributed by atoms with Crippen LogP contribution in [0.4, 0.5) is 8.78 Å². The lowest BCUT2D eigenvalue weighted by Crippen LogP contribution is -2.36. The van der Waals surface area contributed by atoms with E-state index in [1.165, 1.54) is 18.6 Å². The van der Waals surface area contributed by atoms with Crippen molar-refractivity contribution in [2.24, 2.45) is 5.92 Å². The predicted molar refractivity (Wildman–Crippen MR) is 73.2 cm³/mol. The maximum absolute atomic E-state index is 13.8. The van der Waals surface area contributed by atoms with Gasteiger partial charge in [0.2, 0.25) is 0 Å². The molecule has 1 aliphatic heterocycles. The summed E-state index contributed by atoms with van der Waals surface area (Å²) in [6.07, 6.45) is 1.18. The van der Waals surface area contributed by atoms with Crippen LogP contribution in [0.25, 0.3) is 0 Å². The molecule has 0 saturated carbocycles. The molecule has 0 aromatic heterocycles. The first kappa shape index (κ1) is 14.4. The normalized spacial score (nSPS) is 19.9. The standard InChI is InChI=1S/C15H22F2N2/c1-15(2,10-19-9-11-5-6-18-8-11)13-7-12(16)3-4-14(13)17/h3-4,7,11,18-19H,5-6,8-10H2,1-2H3. The molecule has 4 heteroatoms. The molecule has 1 unspecified atom stereocenters. The van der Waals surface area contributed by atoms with Gasteiger partial charge >= 0.3 is 0 Å². The number of rotatable bonds is 5. The van der Waals surface area contributed by atoms with Crippen LogP contribution in [0.5, 0.6) is 0 Å². The molecule has 1 aromatic rings. The molecule has 1 heterocycles. The molecule has 0 radical (unpaired) electrons. The van der Waals surface area contributed by atoms with Crippen molar-refractivity contribution in [3.05, 3.63) is 35.4 Å². The molecule has 1 aliphatic rings. The summed E-state index contributed by atoms with van der Waals surface area (Å²) in [5.41, 5.74) is 0.0163. The zero-order valence-corrected chi connectivity index (χ0v) is 11.6. The van der Waals surface area contributed by atoms with E-state index in [0.29, 0.717) is 18.0 Å². The van der Waals surface area contributed by atoms with Crippen LogP contribution in [0.3, 0.4) is 0 Å². The zero-order valence-electron chi connectivity index (χ0n) is 11.6. The topological polar surface area (TPSA) is 24.1 Å². The molecule has 2 rings (SSSR count). The summed E-state index contributed by atoms with van der Waals surface area (Å²) < 4.78 is 27.0. The second kappa shape index (κ2) is 5.97. The highest BCUT2D eigenvalue weighted by molar-refractivity contribution is 5.26. The molecule has 106 valence electrons. The van der Waals surface area contributed by atoms with Crippen molar-refractivity contribution in [3.8, 4) is 0 Å². The molecule has 2 N–H and O–H groups in total. The largest absolute Gasteiger partial charge is 0.316 e. The van der Waals surface area contributed by atoms with Gasteiger partial charge in [0.15, 0.2) is 0 Å². The number of hydrogen-bond donors (Lipinski definition) is 2. The van der Waals surface area contributed by atoms with Crippen LogP contribution in [0.1, 0.15) is 25.8 Å². The minimum absolute atomic E-state index is 0.337. The Morgan fingerprint density at radius 2 is 2.16 bits per heavy atom. The van der Waals surface area contributed by atoms with Crippen molar-refractivity contribution >= 4 is 0 Å². The molecule has 0 bridgehead atoms. The fourth-order valence-electron chi connectivity index (χ4n) is 2.59. The van der Waals surface area contributed by atoms with E-state index < -0.39 is 5.41 Å². The Hall–Kier alpha value is -1.00. The van der Waals surface area contributed by atoms with Gasteiger partial charge in [0.05, 0.1) is 0 Å². The van der Waals surface area contributed by atoms with Crippen molar-refractivity contribution < 1.29 is 8.78 Å². The minimum Gasteiger partial charge on any atom is -0.316 e. The Bertz CT molecular complexity index is 426. The van der Waals surface area contributed by atoms with E-state index in [0.717, 1.165) is 25.7 Å². The lowest BCUT2D eigenvalue weighted by molar-refractivity contribution is 0.414. The van der Waals surface area contributed by atoms with Crippen molar-refractivity contribution in [2.45, 2.75) is 25.7 Å². The number of halogens is 2. The molecule has 1 saturated heterocycles. The van der Waals surface area contributed by atoms with Gasteiger partial charge in [0.25, 0.3) is 0 Å². The first-order valence-electron chi connectivity index (χ1n) is 6.86. The lowest BCUT2D eigenvalue weighted by atomic mass is 9.84. The summed E-state index contributed by atoms with van der Waals surface area (Å²) in [7, 11) is 0. The second-order valence-corrected chi connectivity index (χ2v) is 6.00. The molecular weight excluding hydrogens is 246 g/mol. The summed E-state index contributed by atoms with van der Waals surface area (Å²) in [5.74, 6) is -0.0756. The van der Waals surface area contributed by atoms with Gasteiger partial charge in [-0.15, -0.1) is 0 Å². The third-order valence-electron chi connectivity index (χ3n) is 3.82. The average molecular weight is 268 g/mol. The summed E-state index contributed by atoms with van der Waals surface area (Å²) >= 11 is 0. The fourth-order valence-corrected chi connectivity index (χ4v) is 2.59. The minimum atomic E-state index is -0.418. The first-order chi connectivity index (χ1) is 8.99. The van der Waals surface area contributed by atoms with E-state index in [4.69, 9.17) is 0 Å². The molecule has 0 aliphatic carbocycles. The first-order valence-corrected chi connectivity index (χ1v) is 6.86. The Labute approximate surface area is 113 Å². The highest BCUT2D eigenvalue weighted by Gasteiger charge is 2.25. The van der Waals surface area contributed by atoms with Crippen LogP contribution in [-0.2, 0) is 5.41 Å². The van der Waals surface area contributed by atoms with Crippen molar-refractivity contribution in [3.63, 3.8) is 0 Å². The van der Waals surface area contributed by atoms with Gasteiger partial charge in [-0.1, -0.05) is 13.8 Å². The number of hydrogen-bond acceptors (Lipinski definition) is 2. The number of benzene rings is 1. The lowest BCUT2D eigenvalue weighted by Gasteiger charge is -2.27. The third-order valence-corrected chi connectivity index (χ3v) is 3.82. The van der Waals surface area contributed by atoms with Crippen LogP contribution < -0.4 is 10.6 Å². The Balaban J connectivity index is 1.94. The highest BCUT2D eigenvalue weighted by atomic mass is 19.1. The molecule has 19 heavy (non-hydrogen) atoms. The van der Waals surface area contributed by atoms with Crippen molar-refractivity contribution in [2.75, 3.05) is 26.2 Å². The zero-order chi connectivity index (χ0) is 13.9. The molecule has 2 nitrogen and oxygen atoms in total. The van der Waals surface area contributed by atoms with Crippen LogP contribution in [0, 0.1) is 17.6 Å². The van der Waals surface area contributed by atoms with E-state index in [2.05, 4.69) is 10.6 Å². The van der Waals surface area contributed by atoms with Crippen molar-refractivity contribution in [1.82, 2.24) is 10.6 Å². The van der Waals surface area contributed by atoms with Crippen LogP contribution >= 0.6 is 0 Å². The quantitative estimate of drug-likeness (QED) is 0.857. The molecule has 1 atom stereocenters. The molecular formula is C15H22F2N2. The molecule has 0 spiro atoms. The monoisotopic (exact) mass is 268 g/mol. The second-order valence-electron chi connectivity index (χ2n) is 6.00. The van der Waals surface area contributed by atoms with Crippen LogP contribution in [0.2, 0.25) is 0 Å². The average Bonchev–Trinajstić information content (AvgIpc) is 2.85. The van der Waals surface area contributed by atoms with Gasteiger partial charge in [-0.25, -0.2) is 8.78 Å². The Morgan fingerprint density at radius 1 is 1.37 bits per heavy atom. The summed E-state index contributed by atoms with van der Waals surface area (Å²) in [5, 5.41) is 6.70. The summed E-state index contributed by atoms with van der Waals surface area (Å²) in [6.45, 7) is 7.56. The van der Waals surface area contributed by atoms with Gasteiger partial charge in [0.1, 0.15) is 11.6 Å². The van der Waals surface area contributed by atoms with Gasteiger partial charge in [-0.3, -0.25) is 0 Å². The van der Waals surface area contributed by atoms with Crippen LogP contribution in [0.15, 0.2) is 18.2 Å². The van der Waals surface area contributed by atoms with E-state index in [1.807, 2.05) is 13.8 Å². The van der Waals surface area contributed by atoms with Gasteiger partial charge < -0.3 is 10.6 Å². The molecule has 0 amide bonds. The van der Waals surface area contributed by atoms with E-state index in [-0.39, 0.29) is 11.6 Å². The maximum Gasteiger partial charge on any atom is 0.127 e. The van der Waals surface area contributed by atoms with E-state index >= 15 is 0 Å². The molecule has 1 aromatic carbocycles. The van der Waals surface area contributed by atoms with Gasteiger partial charge in [0, 0.05) is 12.0 Å².